The van der Waals surface area contributed by atoms with Crippen molar-refractivity contribution in [3.05, 3.63) is 23.7 Å². The Labute approximate surface area is 101 Å². The number of fused-ring (bicyclic) bond motifs is 1. The Hall–Kier alpha value is -1.45. The van der Waals surface area contributed by atoms with Gasteiger partial charge in [-0.3, -0.25) is 4.79 Å². The summed E-state index contributed by atoms with van der Waals surface area (Å²) in [4.78, 5) is 11.6. The fraction of sp³-hybridized carbons (Fsp3) is 0.615. The van der Waals surface area contributed by atoms with Gasteiger partial charge in [-0.15, -0.1) is 0 Å². The van der Waals surface area contributed by atoms with Gasteiger partial charge in [0.25, 0.3) is 0 Å². The lowest BCUT2D eigenvalue weighted by Gasteiger charge is -2.20. The number of allylic oxidation sites excluding steroid dienone is 1. The van der Waals surface area contributed by atoms with Gasteiger partial charge in [0.2, 0.25) is 6.79 Å². The van der Waals surface area contributed by atoms with Crippen molar-refractivity contribution in [2.45, 2.75) is 27.2 Å². The van der Waals surface area contributed by atoms with Crippen molar-refractivity contribution < 1.29 is 19.0 Å². The van der Waals surface area contributed by atoms with E-state index in [-0.39, 0.29) is 18.7 Å². The van der Waals surface area contributed by atoms with E-state index in [2.05, 4.69) is 0 Å². The highest BCUT2D eigenvalue weighted by molar-refractivity contribution is 5.75. The molecule has 17 heavy (non-hydrogen) atoms. The third kappa shape index (κ3) is 2.81. The van der Waals surface area contributed by atoms with Crippen LogP contribution in [0.15, 0.2) is 23.7 Å². The molecule has 1 unspecified atom stereocenters. The summed E-state index contributed by atoms with van der Waals surface area (Å²) in [7, 11) is 0. The molecule has 0 bridgehead atoms. The monoisotopic (exact) mass is 238 g/mol. The molecule has 0 saturated carbocycles. The lowest BCUT2D eigenvalue weighted by atomic mass is 9.97. The summed E-state index contributed by atoms with van der Waals surface area (Å²) in [5.74, 6) is 1.59. The first-order valence-corrected chi connectivity index (χ1v) is 5.82. The zero-order valence-electron chi connectivity index (χ0n) is 10.5. The van der Waals surface area contributed by atoms with Crippen molar-refractivity contribution in [3.63, 3.8) is 0 Å². The van der Waals surface area contributed by atoms with E-state index in [1.54, 1.807) is 0 Å². The molecule has 1 saturated heterocycles. The minimum Gasteiger partial charge on any atom is -0.465 e. The van der Waals surface area contributed by atoms with Crippen LogP contribution in [0.2, 0.25) is 0 Å². The van der Waals surface area contributed by atoms with Crippen molar-refractivity contribution in [3.8, 4) is 0 Å². The number of rotatable bonds is 2. The molecular weight excluding hydrogens is 220 g/mol. The summed E-state index contributed by atoms with van der Waals surface area (Å²) in [6.45, 7) is 6.22. The van der Waals surface area contributed by atoms with Gasteiger partial charge in [-0.2, -0.15) is 0 Å². The molecule has 0 N–H and O–H groups in total. The third-order valence-corrected chi connectivity index (χ3v) is 2.71. The Balaban J connectivity index is 1.86. The van der Waals surface area contributed by atoms with Gasteiger partial charge in [0.05, 0.1) is 12.0 Å². The standard InChI is InChI=1S/C13H18O4/c1-13(2,3)12(14)15-7-9-4-5-10-11(6-9)17-8-16-10/h5-6,9H,4,7-8H2,1-3H3. The van der Waals surface area contributed by atoms with E-state index < -0.39 is 5.41 Å². The minimum absolute atomic E-state index is 0.172. The first kappa shape index (κ1) is 12.0. The van der Waals surface area contributed by atoms with Crippen molar-refractivity contribution in [2.75, 3.05) is 13.4 Å². The van der Waals surface area contributed by atoms with E-state index >= 15 is 0 Å². The Morgan fingerprint density at radius 1 is 1.41 bits per heavy atom. The van der Waals surface area contributed by atoms with Crippen LogP contribution in [-0.4, -0.2) is 19.4 Å². The molecule has 2 aliphatic rings. The quantitative estimate of drug-likeness (QED) is 0.693. The molecule has 0 aromatic heterocycles. The maximum Gasteiger partial charge on any atom is 0.311 e. The van der Waals surface area contributed by atoms with Crippen LogP contribution in [-0.2, 0) is 19.0 Å². The molecule has 0 spiro atoms. The van der Waals surface area contributed by atoms with Gasteiger partial charge in [0.1, 0.15) is 0 Å². The van der Waals surface area contributed by atoms with Gasteiger partial charge in [0.15, 0.2) is 11.5 Å². The SMILES string of the molecule is CC(C)(C)C(=O)OCC1C=C2OCOC2=CC1. The van der Waals surface area contributed by atoms with Gasteiger partial charge < -0.3 is 14.2 Å². The molecule has 94 valence electrons. The molecule has 4 nitrogen and oxygen atoms in total. The Morgan fingerprint density at radius 3 is 2.82 bits per heavy atom. The normalized spacial score (nSPS) is 22.9. The molecule has 0 aromatic rings. The number of hydrogen-bond donors (Lipinski definition) is 0. The Bertz CT molecular complexity index is 373. The van der Waals surface area contributed by atoms with Crippen molar-refractivity contribution in [2.24, 2.45) is 11.3 Å². The predicted molar refractivity (Wildman–Crippen MR) is 61.7 cm³/mol. The van der Waals surface area contributed by atoms with Gasteiger partial charge in [0, 0.05) is 5.92 Å². The summed E-state index contributed by atoms with van der Waals surface area (Å²) in [6.07, 6.45) is 4.77. The molecule has 4 heteroatoms. The Kier molecular flexibility index (Phi) is 3.13. The number of carbonyl (C=O) groups excluding carboxylic acids is 1. The molecule has 1 fully saturated rings. The molecule has 2 rings (SSSR count). The smallest absolute Gasteiger partial charge is 0.311 e. The second kappa shape index (κ2) is 4.43. The summed E-state index contributed by atoms with van der Waals surface area (Å²) in [5, 5.41) is 0. The van der Waals surface area contributed by atoms with E-state index in [4.69, 9.17) is 14.2 Å². The average molecular weight is 238 g/mol. The lowest BCUT2D eigenvalue weighted by molar-refractivity contribution is -0.153. The molecule has 1 aliphatic heterocycles. The summed E-state index contributed by atoms with van der Waals surface area (Å²) in [6, 6.07) is 0. The molecule has 0 aromatic carbocycles. The van der Waals surface area contributed by atoms with E-state index in [0.717, 1.165) is 17.9 Å². The highest BCUT2D eigenvalue weighted by Crippen LogP contribution is 2.29. The first-order chi connectivity index (χ1) is 7.97. The molecule has 0 amide bonds. The number of ether oxygens (including phenoxy) is 3. The number of carbonyl (C=O) groups is 1. The van der Waals surface area contributed by atoms with Crippen molar-refractivity contribution >= 4 is 5.97 Å². The fourth-order valence-corrected chi connectivity index (χ4v) is 1.64. The molecule has 1 heterocycles. The predicted octanol–water partition coefficient (Wildman–Crippen LogP) is 2.37. The second-order valence-corrected chi connectivity index (χ2v) is 5.35. The van der Waals surface area contributed by atoms with Crippen LogP contribution in [0.1, 0.15) is 27.2 Å². The zero-order chi connectivity index (χ0) is 12.5. The second-order valence-electron chi connectivity index (χ2n) is 5.35. The molecule has 1 aliphatic carbocycles. The van der Waals surface area contributed by atoms with Crippen LogP contribution in [0.25, 0.3) is 0 Å². The van der Waals surface area contributed by atoms with Crippen molar-refractivity contribution in [1.82, 2.24) is 0 Å². The van der Waals surface area contributed by atoms with Crippen LogP contribution in [0.3, 0.4) is 0 Å². The van der Waals surface area contributed by atoms with E-state index in [1.807, 2.05) is 32.9 Å². The van der Waals surface area contributed by atoms with Gasteiger partial charge >= 0.3 is 5.97 Å². The summed E-state index contributed by atoms with van der Waals surface area (Å²) < 4.78 is 15.8. The zero-order valence-corrected chi connectivity index (χ0v) is 10.5. The minimum atomic E-state index is -0.449. The third-order valence-electron chi connectivity index (χ3n) is 2.71. The average Bonchev–Trinajstić information content (AvgIpc) is 2.71. The van der Waals surface area contributed by atoms with Gasteiger partial charge in [-0.1, -0.05) is 0 Å². The number of esters is 1. The fourth-order valence-electron chi connectivity index (χ4n) is 1.64. The van der Waals surface area contributed by atoms with Crippen LogP contribution in [0.4, 0.5) is 0 Å². The van der Waals surface area contributed by atoms with E-state index in [9.17, 15) is 4.79 Å². The molecule has 0 radical (unpaired) electrons. The van der Waals surface area contributed by atoms with Crippen LogP contribution < -0.4 is 0 Å². The lowest BCUT2D eigenvalue weighted by Crippen LogP contribution is -2.25. The first-order valence-electron chi connectivity index (χ1n) is 5.82. The topological polar surface area (TPSA) is 44.8 Å². The summed E-state index contributed by atoms with van der Waals surface area (Å²) in [5.41, 5.74) is -0.449. The largest absolute Gasteiger partial charge is 0.465 e. The van der Waals surface area contributed by atoms with Crippen LogP contribution in [0.5, 0.6) is 0 Å². The number of hydrogen-bond acceptors (Lipinski definition) is 4. The molecule has 1 atom stereocenters. The molecular formula is C13H18O4. The van der Waals surface area contributed by atoms with Gasteiger partial charge in [-0.25, -0.2) is 0 Å². The summed E-state index contributed by atoms with van der Waals surface area (Å²) >= 11 is 0. The Morgan fingerprint density at radius 2 is 2.12 bits per heavy atom. The maximum atomic E-state index is 11.6. The highest BCUT2D eigenvalue weighted by Gasteiger charge is 2.26. The van der Waals surface area contributed by atoms with E-state index in [1.165, 1.54) is 0 Å². The van der Waals surface area contributed by atoms with Gasteiger partial charge in [-0.05, 0) is 39.3 Å². The van der Waals surface area contributed by atoms with Crippen molar-refractivity contribution in [1.29, 1.82) is 0 Å². The highest BCUT2D eigenvalue weighted by atomic mass is 16.7. The van der Waals surface area contributed by atoms with Crippen LogP contribution in [0, 0.1) is 11.3 Å². The van der Waals surface area contributed by atoms with Crippen LogP contribution >= 0.6 is 0 Å². The van der Waals surface area contributed by atoms with E-state index in [0.29, 0.717) is 6.61 Å². The maximum absolute atomic E-state index is 11.6.